The van der Waals surface area contributed by atoms with E-state index in [9.17, 15) is 14.4 Å². The SMILES string of the molecule is COC(=O)C[C@H](NC(=O)[C@H](CC(C)C)n1ccccc1=O)c1cccc(-c2ccccc2C)c1. The second-order valence-corrected chi connectivity index (χ2v) is 8.87. The van der Waals surface area contributed by atoms with Crippen LogP contribution in [0, 0.1) is 12.8 Å². The number of carbonyl (C=O) groups is 2. The van der Waals surface area contributed by atoms with Crippen molar-refractivity contribution in [2.24, 2.45) is 5.92 Å². The van der Waals surface area contributed by atoms with Gasteiger partial charge in [-0.3, -0.25) is 14.4 Å². The van der Waals surface area contributed by atoms with Gasteiger partial charge in [-0.25, -0.2) is 0 Å². The highest BCUT2D eigenvalue weighted by Gasteiger charge is 2.27. The lowest BCUT2D eigenvalue weighted by Crippen LogP contribution is -2.40. The quantitative estimate of drug-likeness (QED) is 0.464. The number of pyridine rings is 1. The predicted molar refractivity (Wildman–Crippen MR) is 133 cm³/mol. The van der Waals surface area contributed by atoms with Crippen LogP contribution in [0.15, 0.2) is 77.7 Å². The number of rotatable bonds is 9. The van der Waals surface area contributed by atoms with Gasteiger partial charge in [0.15, 0.2) is 0 Å². The number of hydrogen-bond donors (Lipinski definition) is 1. The van der Waals surface area contributed by atoms with Crippen molar-refractivity contribution in [1.29, 1.82) is 0 Å². The minimum Gasteiger partial charge on any atom is -0.469 e. The van der Waals surface area contributed by atoms with Crippen LogP contribution in [0.5, 0.6) is 0 Å². The number of carbonyl (C=O) groups excluding carboxylic acids is 2. The summed E-state index contributed by atoms with van der Waals surface area (Å²) < 4.78 is 6.35. The average Bonchev–Trinajstić information content (AvgIpc) is 2.82. The smallest absolute Gasteiger partial charge is 0.307 e. The summed E-state index contributed by atoms with van der Waals surface area (Å²) in [6.07, 6.45) is 2.10. The monoisotopic (exact) mass is 460 g/mol. The molecule has 0 unspecified atom stereocenters. The molecular weight excluding hydrogens is 428 g/mol. The van der Waals surface area contributed by atoms with Crippen LogP contribution >= 0.6 is 0 Å². The molecule has 0 aliphatic carbocycles. The molecule has 6 heteroatoms. The Morgan fingerprint density at radius 2 is 1.74 bits per heavy atom. The van der Waals surface area contributed by atoms with Gasteiger partial charge < -0.3 is 14.6 Å². The Bertz CT molecular complexity index is 1200. The first-order chi connectivity index (χ1) is 16.3. The zero-order chi connectivity index (χ0) is 24.7. The van der Waals surface area contributed by atoms with Gasteiger partial charge in [0, 0.05) is 12.3 Å². The molecule has 178 valence electrons. The molecule has 2 aromatic carbocycles. The number of aryl methyl sites for hydroxylation is 1. The summed E-state index contributed by atoms with van der Waals surface area (Å²) in [7, 11) is 1.33. The van der Waals surface area contributed by atoms with Gasteiger partial charge in [-0.15, -0.1) is 0 Å². The van der Waals surface area contributed by atoms with E-state index in [2.05, 4.69) is 5.32 Å². The maximum absolute atomic E-state index is 13.5. The molecule has 3 aromatic rings. The van der Waals surface area contributed by atoms with Crippen molar-refractivity contribution in [2.45, 2.75) is 45.7 Å². The van der Waals surface area contributed by atoms with Gasteiger partial charge in [0.1, 0.15) is 6.04 Å². The lowest BCUT2D eigenvalue weighted by atomic mass is 9.95. The minimum atomic E-state index is -0.687. The maximum atomic E-state index is 13.5. The fourth-order valence-corrected chi connectivity index (χ4v) is 4.08. The first-order valence-corrected chi connectivity index (χ1v) is 11.5. The van der Waals surface area contributed by atoms with E-state index >= 15 is 0 Å². The summed E-state index contributed by atoms with van der Waals surface area (Å²) in [6.45, 7) is 6.06. The normalized spacial score (nSPS) is 12.7. The molecule has 0 spiro atoms. The molecule has 1 aromatic heterocycles. The Hall–Kier alpha value is -3.67. The number of amides is 1. The van der Waals surface area contributed by atoms with Crippen molar-refractivity contribution in [2.75, 3.05) is 7.11 Å². The van der Waals surface area contributed by atoms with E-state index < -0.39 is 18.1 Å². The van der Waals surface area contributed by atoms with E-state index in [-0.39, 0.29) is 23.8 Å². The van der Waals surface area contributed by atoms with Gasteiger partial charge in [-0.05, 0) is 53.6 Å². The Labute approximate surface area is 200 Å². The zero-order valence-electron chi connectivity index (χ0n) is 20.2. The average molecular weight is 461 g/mol. The van der Waals surface area contributed by atoms with E-state index in [1.54, 1.807) is 18.3 Å². The molecule has 0 fully saturated rings. The van der Waals surface area contributed by atoms with Gasteiger partial charge in [0.05, 0.1) is 19.6 Å². The minimum absolute atomic E-state index is 0.0163. The fourth-order valence-electron chi connectivity index (χ4n) is 4.08. The molecule has 0 saturated heterocycles. The number of nitrogens with one attached hydrogen (secondary N) is 1. The Morgan fingerprint density at radius 3 is 2.41 bits per heavy atom. The molecule has 0 aliphatic heterocycles. The predicted octanol–water partition coefficient (Wildman–Crippen LogP) is 4.83. The van der Waals surface area contributed by atoms with Gasteiger partial charge in [0.25, 0.3) is 5.56 Å². The number of methoxy groups -OCH3 is 1. The molecular formula is C28H32N2O4. The second kappa shape index (κ2) is 11.5. The summed E-state index contributed by atoms with van der Waals surface area (Å²) in [4.78, 5) is 38.2. The van der Waals surface area contributed by atoms with Gasteiger partial charge in [0.2, 0.25) is 5.91 Å². The van der Waals surface area contributed by atoms with E-state index in [1.807, 2.05) is 69.3 Å². The summed E-state index contributed by atoms with van der Waals surface area (Å²) in [5.74, 6) is -0.549. The first kappa shape index (κ1) is 25.0. The summed E-state index contributed by atoms with van der Waals surface area (Å²) in [5.41, 5.74) is 3.77. The van der Waals surface area contributed by atoms with Crippen LogP contribution in [-0.2, 0) is 14.3 Å². The third-order valence-corrected chi connectivity index (χ3v) is 5.84. The van der Waals surface area contributed by atoms with Crippen molar-refractivity contribution >= 4 is 11.9 Å². The number of benzene rings is 2. The van der Waals surface area contributed by atoms with Crippen LogP contribution in [-0.4, -0.2) is 23.6 Å². The van der Waals surface area contributed by atoms with Crippen molar-refractivity contribution in [3.8, 4) is 11.1 Å². The van der Waals surface area contributed by atoms with Crippen LogP contribution in [0.2, 0.25) is 0 Å². The van der Waals surface area contributed by atoms with Crippen LogP contribution in [0.3, 0.4) is 0 Å². The van der Waals surface area contributed by atoms with E-state index in [0.29, 0.717) is 6.42 Å². The van der Waals surface area contributed by atoms with Crippen molar-refractivity contribution in [3.63, 3.8) is 0 Å². The topological polar surface area (TPSA) is 77.4 Å². The molecule has 34 heavy (non-hydrogen) atoms. The van der Waals surface area contributed by atoms with Crippen LogP contribution in [0.1, 0.15) is 49.9 Å². The zero-order valence-corrected chi connectivity index (χ0v) is 20.2. The number of aromatic nitrogens is 1. The van der Waals surface area contributed by atoms with Crippen molar-refractivity contribution in [1.82, 2.24) is 9.88 Å². The molecule has 2 atom stereocenters. The number of nitrogens with zero attached hydrogens (tertiary/aromatic N) is 1. The van der Waals surface area contributed by atoms with Crippen LogP contribution < -0.4 is 10.9 Å². The molecule has 6 nitrogen and oxygen atoms in total. The fraction of sp³-hybridized carbons (Fsp3) is 0.321. The third kappa shape index (κ3) is 6.22. The standard InChI is InChI=1S/C28H32N2O4/c1-19(2)16-25(30-15-8-7-14-26(30)31)28(33)29-24(18-27(32)34-4)22-12-9-11-21(17-22)23-13-6-5-10-20(23)3/h5-15,17,19,24-25H,16,18H2,1-4H3,(H,29,33)/t24-,25-/m0/s1. The maximum Gasteiger partial charge on any atom is 0.307 e. The summed E-state index contributed by atoms with van der Waals surface area (Å²) in [6, 6.07) is 19.4. The van der Waals surface area contributed by atoms with Gasteiger partial charge in [-0.1, -0.05) is 62.4 Å². The number of ether oxygens (including phenoxy) is 1. The highest BCUT2D eigenvalue weighted by Crippen LogP contribution is 2.28. The molecule has 0 saturated carbocycles. The summed E-state index contributed by atoms with van der Waals surface area (Å²) >= 11 is 0. The highest BCUT2D eigenvalue weighted by atomic mass is 16.5. The van der Waals surface area contributed by atoms with Crippen LogP contribution in [0.4, 0.5) is 0 Å². The largest absolute Gasteiger partial charge is 0.469 e. The van der Waals surface area contributed by atoms with Crippen LogP contribution in [0.25, 0.3) is 11.1 Å². The van der Waals surface area contributed by atoms with E-state index in [4.69, 9.17) is 4.74 Å². The Kier molecular flexibility index (Phi) is 8.41. The van der Waals surface area contributed by atoms with Crippen molar-refractivity contribution in [3.05, 3.63) is 94.4 Å². The molecule has 0 radical (unpaired) electrons. The molecule has 1 heterocycles. The lowest BCUT2D eigenvalue weighted by molar-refractivity contribution is -0.141. The number of esters is 1. The second-order valence-electron chi connectivity index (χ2n) is 8.87. The Morgan fingerprint density at radius 1 is 1.00 bits per heavy atom. The summed E-state index contributed by atoms with van der Waals surface area (Å²) in [5, 5.41) is 3.02. The Balaban J connectivity index is 1.96. The first-order valence-electron chi connectivity index (χ1n) is 11.5. The van der Waals surface area contributed by atoms with E-state index in [0.717, 1.165) is 22.3 Å². The van der Waals surface area contributed by atoms with Crippen molar-refractivity contribution < 1.29 is 14.3 Å². The third-order valence-electron chi connectivity index (χ3n) is 5.84. The van der Waals surface area contributed by atoms with E-state index in [1.165, 1.54) is 17.7 Å². The van der Waals surface area contributed by atoms with Gasteiger partial charge >= 0.3 is 5.97 Å². The molecule has 0 aliphatic rings. The highest BCUT2D eigenvalue weighted by molar-refractivity contribution is 5.82. The molecule has 1 amide bonds. The lowest BCUT2D eigenvalue weighted by Gasteiger charge is -2.25. The molecule has 0 bridgehead atoms. The molecule has 3 rings (SSSR count). The molecule has 1 N–H and O–H groups in total. The van der Waals surface area contributed by atoms with Gasteiger partial charge in [-0.2, -0.15) is 0 Å². The number of hydrogen-bond acceptors (Lipinski definition) is 4.